The van der Waals surface area contributed by atoms with Crippen molar-refractivity contribution in [3.63, 3.8) is 0 Å². The molecule has 1 aliphatic carbocycles. The number of rotatable bonds is 7. The molecule has 1 aromatic carbocycles. The summed E-state index contributed by atoms with van der Waals surface area (Å²) in [6, 6.07) is 9.13. The zero-order valence-corrected chi connectivity index (χ0v) is 10.9. The van der Waals surface area contributed by atoms with Gasteiger partial charge in [0.15, 0.2) is 0 Å². The zero-order chi connectivity index (χ0) is 12.1. The van der Waals surface area contributed by atoms with Crippen molar-refractivity contribution in [3.05, 3.63) is 29.8 Å². The van der Waals surface area contributed by atoms with Gasteiger partial charge >= 0.3 is 0 Å². The number of nitrogens with zero attached hydrogens (tertiary/aromatic N) is 1. The SMILES string of the molecule is CCCN(CCCc1ccccc1N)C1CC1. The molecule has 17 heavy (non-hydrogen) atoms. The van der Waals surface area contributed by atoms with E-state index in [0.29, 0.717) is 0 Å². The average Bonchev–Trinajstić information content (AvgIpc) is 3.14. The van der Waals surface area contributed by atoms with Crippen LogP contribution in [0.5, 0.6) is 0 Å². The highest BCUT2D eigenvalue weighted by Gasteiger charge is 2.27. The van der Waals surface area contributed by atoms with E-state index in [0.717, 1.165) is 18.2 Å². The summed E-state index contributed by atoms with van der Waals surface area (Å²) in [6.45, 7) is 4.76. The summed E-state index contributed by atoms with van der Waals surface area (Å²) in [4.78, 5) is 2.65. The molecule has 0 heterocycles. The lowest BCUT2D eigenvalue weighted by Gasteiger charge is -2.21. The van der Waals surface area contributed by atoms with Crippen molar-refractivity contribution >= 4 is 5.69 Å². The largest absolute Gasteiger partial charge is 0.399 e. The smallest absolute Gasteiger partial charge is 0.0346 e. The molecule has 94 valence electrons. The van der Waals surface area contributed by atoms with Gasteiger partial charge < -0.3 is 10.6 Å². The Kier molecular flexibility index (Phi) is 4.43. The predicted octanol–water partition coefficient (Wildman–Crippen LogP) is 3.08. The number of nitrogens with two attached hydrogens (primary N) is 1. The minimum absolute atomic E-state index is 0.892. The van der Waals surface area contributed by atoms with Crippen LogP contribution >= 0.6 is 0 Å². The van der Waals surface area contributed by atoms with Crippen LogP contribution in [0.4, 0.5) is 5.69 Å². The normalized spacial score (nSPS) is 15.4. The molecule has 1 saturated carbocycles. The minimum Gasteiger partial charge on any atom is -0.399 e. The molecule has 2 nitrogen and oxygen atoms in total. The maximum absolute atomic E-state index is 5.95. The summed E-state index contributed by atoms with van der Waals surface area (Å²) >= 11 is 0. The van der Waals surface area contributed by atoms with Gasteiger partial charge in [-0.25, -0.2) is 0 Å². The van der Waals surface area contributed by atoms with Gasteiger partial charge in [0.05, 0.1) is 0 Å². The molecular formula is C15H24N2. The Hall–Kier alpha value is -1.02. The lowest BCUT2D eigenvalue weighted by atomic mass is 10.1. The lowest BCUT2D eigenvalue weighted by Crippen LogP contribution is -2.28. The molecule has 0 saturated heterocycles. The van der Waals surface area contributed by atoms with E-state index in [-0.39, 0.29) is 0 Å². The molecule has 1 aromatic rings. The molecule has 2 rings (SSSR count). The van der Waals surface area contributed by atoms with Crippen LogP contribution < -0.4 is 5.73 Å². The molecule has 2 N–H and O–H groups in total. The van der Waals surface area contributed by atoms with Gasteiger partial charge in [0.2, 0.25) is 0 Å². The van der Waals surface area contributed by atoms with Crippen molar-refractivity contribution in [1.82, 2.24) is 4.90 Å². The third-order valence-corrected chi connectivity index (χ3v) is 3.52. The van der Waals surface area contributed by atoms with E-state index >= 15 is 0 Å². The van der Waals surface area contributed by atoms with Gasteiger partial charge in [-0.15, -0.1) is 0 Å². The Morgan fingerprint density at radius 2 is 2.00 bits per heavy atom. The van der Waals surface area contributed by atoms with Crippen LogP contribution in [0.15, 0.2) is 24.3 Å². The highest BCUT2D eigenvalue weighted by atomic mass is 15.2. The Morgan fingerprint density at radius 1 is 1.24 bits per heavy atom. The first-order valence-corrected chi connectivity index (χ1v) is 6.88. The molecule has 0 bridgehead atoms. The molecule has 2 heteroatoms. The fourth-order valence-corrected chi connectivity index (χ4v) is 2.44. The fraction of sp³-hybridized carbons (Fsp3) is 0.600. The van der Waals surface area contributed by atoms with Gasteiger partial charge in [0.25, 0.3) is 0 Å². The second-order valence-electron chi connectivity index (χ2n) is 5.07. The van der Waals surface area contributed by atoms with Gasteiger partial charge in [-0.3, -0.25) is 0 Å². The van der Waals surface area contributed by atoms with Gasteiger partial charge in [0, 0.05) is 11.7 Å². The molecule has 0 radical (unpaired) electrons. The van der Waals surface area contributed by atoms with E-state index in [1.165, 1.54) is 44.3 Å². The van der Waals surface area contributed by atoms with E-state index in [9.17, 15) is 0 Å². The van der Waals surface area contributed by atoms with E-state index in [1.807, 2.05) is 12.1 Å². The molecular weight excluding hydrogens is 208 g/mol. The Morgan fingerprint density at radius 3 is 2.65 bits per heavy atom. The van der Waals surface area contributed by atoms with Crippen LogP contribution in [0.2, 0.25) is 0 Å². The Balaban J connectivity index is 1.76. The van der Waals surface area contributed by atoms with Crippen LogP contribution in [-0.4, -0.2) is 24.0 Å². The second kappa shape index (κ2) is 6.06. The number of nitrogen functional groups attached to an aromatic ring is 1. The van der Waals surface area contributed by atoms with E-state index in [1.54, 1.807) is 0 Å². The summed E-state index contributed by atoms with van der Waals surface area (Å²) in [5, 5.41) is 0. The topological polar surface area (TPSA) is 29.3 Å². The number of anilines is 1. The van der Waals surface area contributed by atoms with Crippen LogP contribution in [0, 0.1) is 0 Å². The number of aryl methyl sites for hydroxylation is 1. The summed E-state index contributed by atoms with van der Waals surface area (Å²) in [6.07, 6.45) is 6.43. The molecule has 0 atom stereocenters. The third kappa shape index (κ3) is 3.74. The van der Waals surface area contributed by atoms with Crippen molar-refractivity contribution < 1.29 is 0 Å². The van der Waals surface area contributed by atoms with Gasteiger partial charge in [0.1, 0.15) is 0 Å². The summed E-state index contributed by atoms with van der Waals surface area (Å²) in [5.74, 6) is 0. The molecule has 1 fully saturated rings. The number of hydrogen-bond acceptors (Lipinski definition) is 2. The highest BCUT2D eigenvalue weighted by Crippen LogP contribution is 2.27. The van der Waals surface area contributed by atoms with Crippen LogP contribution in [0.1, 0.15) is 38.2 Å². The second-order valence-corrected chi connectivity index (χ2v) is 5.07. The Labute approximate surface area is 105 Å². The first-order chi connectivity index (χ1) is 8.31. The van der Waals surface area contributed by atoms with Crippen LogP contribution in [-0.2, 0) is 6.42 Å². The van der Waals surface area contributed by atoms with Gasteiger partial charge in [-0.05, 0) is 56.8 Å². The molecule has 0 aromatic heterocycles. The van der Waals surface area contributed by atoms with E-state index in [2.05, 4.69) is 24.0 Å². The maximum Gasteiger partial charge on any atom is 0.0346 e. The molecule has 1 aliphatic rings. The first kappa shape index (κ1) is 12.4. The quantitative estimate of drug-likeness (QED) is 0.732. The van der Waals surface area contributed by atoms with Crippen molar-refractivity contribution in [3.8, 4) is 0 Å². The third-order valence-electron chi connectivity index (χ3n) is 3.52. The standard InChI is InChI=1S/C15H24N2/c1-2-11-17(14-9-10-14)12-5-7-13-6-3-4-8-15(13)16/h3-4,6,8,14H,2,5,7,9-12,16H2,1H3. The van der Waals surface area contributed by atoms with Crippen molar-refractivity contribution in [2.45, 2.75) is 45.1 Å². The number of hydrogen-bond donors (Lipinski definition) is 1. The molecule has 0 spiro atoms. The fourth-order valence-electron chi connectivity index (χ4n) is 2.44. The molecule has 0 unspecified atom stereocenters. The summed E-state index contributed by atoms with van der Waals surface area (Å²) in [7, 11) is 0. The predicted molar refractivity (Wildman–Crippen MR) is 74.1 cm³/mol. The number of benzene rings is 1. The van der Waals surface area contributed by atoms with Crippen LogP contribution in [0.25, 0.3) is 0 Å². The van der Waals surface area contributed by atoms with Gasteiger partial charge in [-0.2, -0.15) is 0 Å². The van der Waals surface area contributed by atoms with Crippen LogP contribution in [0.3, 0.4) is 0 Å². The zero-order valence-electron chi connectivity index (χ0n) is 10.9. The lowest BCUT2D eigenvalue weighted by molar-refractivity contribution is 0.261. The Bertz CT molecular complexity index is 345. The first-order valence-electron chi connectivity index (χ1n) is 6.88. The van der Waals surface area contributed by atoms with E-state index in [4.69, 9.17) is 5.73 Å². The minimum atomic E-state index is 0.892. The van der Waals surface area contributed by atoms with E-state index < -0.39 is 0 Å². The number of para-hydroxylation sites is 1. The molecule has 0 aliphatic heterocycles. The summed E-state index contributed by atoms with van der Waals surface area (Å²) < 4.78 is 0. The van der Waals surface area contributed by atoms with Crippen molar-refractivity contribution in [2.24, 2.45) is 0 Å². The van der Waals surface area contributed by atoms with Gasteiger partial charge in [-0.1, -0.05) is 25.1 Å². The monoisotopic (exact) mass is 232 g/mol. The summed E-state index contributed by atoms with van der Waals surface area (Å²) in [5.41, 5.74) is 8.21. The van der Waals surface area contributed by atoms with Crippen molar-refractivity contribution in [1.29, 1.82) is 0 Å². The molecule has 0 amide bonds. The van der Waals surface area contributed by atoms with Crippen molar-refractivity contribution in [2.75, 3.05) is 18.8 Å². The maximum atomic E-state index is 5.95. The highest BCUT2D eigenvalue weighted by molar-refractivity contribution is 5.46. The average molecular weight is 232 g/mol.